The van der Waals surface area contributed by atoms with Crippen molar-refractivity contribution >= 4 is 11.8 Å². The number of halogens is 1. The van der Waals surface area contributed by atoms with Crippen molar-refractivity contribution in [1.82, 2.24) is 0 Å². The summed E-state index contributed by atoms with van der Waals surface area (Å²) in [5.74, 6) is 1.02. The lowest BCUT2D eigenvalue weighted by Gasteiger charge is -2.27. The Morgan fingerprint density at radius 2 is 2.00 bits per heavy atom. The van der Waals surface area contributed by atoms with Gasteiger partial charge < -0.3 is 5.73 Å². The third kappa shape index (κ3) is 2.73. The first kappa shape index (κ1) is 11.0. The minimum absolute atomic E-state index is 0.0518. The zero-order valence-electron chi connectivity index (χ0n) is 8.66. The molecule has 2 unspecified atom stereocenters. The Kier molecular flexibility index (Phi) is 3.65. The minimum Gasteiger partial charge on any atom is -0.323 e. The SMILES string of the molecule is NC(c1ccc(F)cc1)C1CCCCS1. The second kappa shape index (κ2) is 4.99. The van der Waals surface area contributed by atoms with Crippen LogP contribution < -0.4 is 5.73 Å². The molecule has 0 radical (unpaired) electrons. The summed E-state index contributed by atoms with van der Waals surface area (Å²) in [6, 6.07) is 6.63. The van der Waals surface area contributed by atoms with Crippen LogP contribution in [0.15, 0.2) is 24.3 Å². The predicted molar refractivity (Wildman–Crippen MR) is 63.4 cm³/mol. The number of hydrogen-bond donors (Lipinski definition) is 1. The molecule has 82 valence electrons. The van der Waals surface area contributed by atoms with Crippen LogP contribution in [0.5, 0.6) is 0 Å². The fourth-order valence-electron chi connectivity index (χ4n) is 1.95. The van der Waals surface area contributed by atoms with E-state index >= 15 is 0 Å². The number of thioether (sulfide) groups is 1. The Morgan fingerprint density at radius 1 is 1.27 bits per heavy atom. The minimum atomic E-state index is -0.192. The molecule has 1 saturated heterocycles. The molecule has 3 heteroatoms. The van der Waals surface area contributed by atoms with Gasteiger partial charge in [-0.1, -0.05) is 18.6 Å². The van der Waals surface area contributed by atoms with Crippen LogP contribution in [0.1, 0.15) is 30.9 Å². The molecule has 0 saturated carbocycles. The molecule has 1 aliphatic heterocycles. The molecule has 1 heterocycles. The highest BCUT2D eigenvalue weighted by Crippen LogP contribution is 2.33. The van der Waals surface area contributed by atoms with E-state index in [0.29, 0.717) is 5.25 Å². The van der Waals surface area contributed by atoms with Crippen molar-refractivity contribution in [3.05, 3.63) is 35.6 Å². The van der Waals surface area contributed by atoms with Crippen LogP contribution in [0.2, 0.25) is 0 Å². The summed E-state index contributed by atoms with van der Waals surface area (Å²) >= 11 is 1.95. The van der Waals surface area contributed by atoms with Gasteiger partial charge >= 0.3 is 0 Å². The fraction of sp³-hybridized carbons (Fsp3) is 0.500. The number of hydrogen-bond acceptors (Lipinski definition) is 2. The summed E-state index contributed by atoms with van der Waals surface area (Å²) in [5, 5.41) is 0.504. The zero-order chi connectivity index (χ0) is 10.7. The van der Waals surface area contributed by atoms with Gasteiger partial charge in [-0.15, -0.1) is 0 Å². The molecule has 0 aliphatic carbocycles. The van der Waals surface area contributed by atoms with Gasteiger partial charge in [0.15, 0.2) is 0 Å². The lowest BCUT2D eigenvalue weighted by Crippen LogP contribution is -2.26. The van der Waals surface area contributed by atoms with E-state index < -0.39 is 0 Å². The van der Waals surface area contributed by atoms with Gasteiger partial charge in [0, 0.05) is 11.3 Å². The maximum atomic E-state index is 12.7. The summed E-state index contributed by atoms with van der Waals surface area (Å²) in [4.78, 5) is 0. The van der Waals surface area contributed by atoms with Crippen molar-refractivity contribution in [2.24, 2.45) is 5.73 Å². The van der Waals surface area contributed by atoms with Crippen LogP contribution in [0.25, 0.3) is 0 Å². The molecule has 1 nitrogen and oxygen atoms in total. The van der Waals surface area contributed by atoms with E-state index in [1.54, 1.807) is 12.1 Å². The molecule has 2 N–H and O–H groups in total. The van der Waals surface area contributed by atoms with Gasteiger partial charge in [0.1, 0.15) is 5.82 Å². The zero-order valence-corrected chi connectivity index (χ0v) is 9.47. The number of benzene rings is 1. The highest BCUT2D eigenvalue weighted by molar-refractivity contribution is 8.00. The van der Waals surface area contributed by atoms with Crippen molar-refractivity contribution in [2.75, 3.05) is 5.75 Å². The van der Waals surface area contributed by atoms with Gasteiger partial charge in [-0.25, -0.2) is 4.39 Å². The summed E-state index contributed by atoms with van der Waals surface area (Å²) < 4.78 is 12.7. The summed E-state index contributed by atoms with van der Waals surface area (Å²) in [5.41, 5.74) is 7.23. The Morgan fingerprint density at radius 3 is 2.60 bits per heavy atom. The largest absolute Gasteiger partial charge is 0.323 e. The van der Waals surface area contributed by atoms with Crippen molar-refractivity contribution in [3.63, 3.8) is 0 Å². The van der Waals surface area contributed by atoms with Gasteiger partial charge in [-0.05, 0) is 36.3 Å². The van der Waals surface area contributed by atoms with E-state index in [-0.39, 0.29) is 11.9 Å². The number of rotatable bonds is 2. The Balaban J connectivity index is 2.05. The smallest absolute Gasteiger partial charge is 0.123 e. The molecular formula is C12H16FNS. The highest BCUT2D eigenvalue weighted by Gasteiger charge is 2.22. The van der Waals surface area contributed by atoms with Crippen LogP contribution in [0, 0.1) is 5.82 Å². The van der Waals surface area contributed by atoms with E-state index in [1.807, 2.05) is 11.8 Å². The van der Waals surface area contributed by atoms with Crippen LogP contribution in [-0.4, -0.2) is 11.0 Å². The van der Waals surface area contributed by atoms with Gasteiger partial charge in [0.05, 0.1) is 0 Å². The highest BCUT2D eigenvalue weighted by atomic mass is 32.2. The van der Waals surface area contributed by atoms with E-state index in [1.165, 1.54) is 37.1 Å². The fourth-order valence-corrected chi connectivity index (χ4v) is 3.32. The van der Waals surface area contributed by atoms with E-state index in [9.17, 15) is 4.39 Å². The van der Waals surface area contributed by atoms with Crippen LogP contribution in [0.4, 0.5) is 4.39 Å². The lowest BCUT2D eigenvalue weighted by atomic mass is 10.0. The van der Waals surface area contributed by atoms with Crippen molar-refractivity contribution in [1.29, 1.82) is 0 Å². The molecule has 2 atom stereocenters. The predicted octanol–water partition coefficient (Wildman–Crippen LogP) is 3.11. The van der Waals surface area contributed by atoms with Gasteiger partial charge in [0.25, 0.3) is 0 Å². The molecule has 1 aliphatic rings. The summed E-state index contributed by atoms with van der Waals surface area (Å²) in [6.07, 6.45) is 3.76. The van der Waals surface area contributed by atoms with Gasteiger partial charge in [-0.3, -0.25) is 0 Å². The summed E-state index contributed by atoms with van der Waals surface area (Å²) in [7, 11) is 0. The molecule has 0 spiro atoms. The average Bonchev–Trinajstić information content (AvgIpc) is 2.30. The van der Waals surface area contributed by atoms with Crippen molar-refractivity contribution in [2.45, 2.75) is 30.6 Å². The molecule has 1 aromatic carbocycles. The monoisotopic (exact) mass is 225 g/mol. The van der Waals surface area contributed by atoms with Crippen LogP contribution in [0.3, 0.4) is 0 Å². The molecule has 15 heavy (non-hydrogen) atoms. The van der Waals surface area contributed by atoms with Gasteiger partial charge in [0.2, 0.25) is 0 Å². The lowest BCUT2D eigenvalue weighted by molar-refractivity contribution is 0.579. The molecule has 1 aromatic rings. The Bertz CT molecular complexity index is 306. The summed E-state index contributed by atoms with van der Waals surface area (Å²) in [6.45, 7) is 0. The topological polar surface area (TPSA) is 26.0 Å². The third-order valence-electron chi connectivity index (χ3n) is 2.87. The normalized spacial score (nSPS) is 23.7. The Hall–Kier alpha value is -0.540. The first-order valence-electron chi connectivity index (χ1n) is 5.40. The molecule has 0 bridgehead atoms. The van der Waals surface area contributed by atoms with Crippen molar-refractivity contribution < 1.29 is 4.39 Å². The standard InChI is InChI=1S/C12H16FNS/c13-10-6-4-9(5-7-10)12(14)11-3-1-2-8-15-11/h4-7,11-12H,1-3,8,14H2. The van der Waals surface area contributed by atoms with Gasteiger partial charge in [-0.2, -0.15) is 11.8 Å². The molecular weight excluding hydrogens is 209 g/mol. The maximum absolute atomic E-state index is 12.7. The third-order valence-corrected chi connectivity index (χ3v) is 4.35. The quantitative estimate of drug-likeness (QED) is 0.837. The Labute approximate surface area is 94.2 Å². The van der Waals surface area contributed by atoms with Crippen LogP contribution >= 0.6 is 11.8 Å². The molecule has 0 amide bonds. The first-order valence-corrected chi connectivity index (χ1v) is 6.45. The maximum Gasteiger partial charge on any atom is 0.123 e. The first-order chi connectivity index (χ1) is 7.27. The average molecular weight is 225 g/mol. The molecule has 0 aromatic heterocycles. The second-order valence-corrected chi connectivity index (χ2v) is 5.33. The molecule has 2 rings (SSSR count). The number of nitrogens with two attached hydrogens (primary N) is 1. The van der Waals surface area contributed by atoms with E-state index in [2.05, 4.69) is 0 Å². The van der Waals surface area contributed by atoms with Crippen LogP contribution in [-0.2, 0) is 0 Å². The van der Waals surface area contributed by atoms with E-state index in [4.69, 9.17) is 5.73 Å². The second-order valence-electron chi connectivity index (χ2n) is 3.98. The molecule has 1 fully saturated rings. The van der Waals surface area contributed by atoms with E-state index in [0.717, 1.165) is 5.56 Å². The van der Waals surface area contributed by atoms with Crippen molar-refractivity contribution in [3.8, 4) is 0 Å².